The Morgan fingerprint density at radius 3 is 2.69 bits per heavy atom. The highest BCUT2D eigenvalue weighted by atomic mass is 19.3. The number of benzene rings is 1. The van der Waals surface area contributed by atoms with E-state index >= 15 is 0 Å². The quantitative estimate of drug-likeness (QED) is 0.843. The summed E-state index contributed by atoms with van der Waals surface area (Å²) < 4.78 is 30.4. The smallest absolute Gasteiger partial charge is 0.264 e. The molecule has 3 nitrogen and oxygen atoms in total. The molecule has 0 unspecified atom stereocenters. The van der Waals surface area contributed by atoms with Gasteiger partial charge in [0.05, 0.1) is 6.61 Å². The molecule has 1 aromatic rings. The minimum atomic E-state index is -2.74. The summed E-state index contributed by atoms with van der Waals surface area (Å²) in [5, 5.41) is 0. The van der Waals surface area contributed by atoms with E-state index < -0.39 is 12.3 Å². The molecule has 16 heavy (non-hydrogen) atoms. The average Bonchev–Trinajstić information content (AvgIpc) is 2.25. The summed E-state index contributed by atoms with van der Waals surface area (Å²) >= 11 is 0. The Morgan fingerprint density at radius 2 is 2.19 bits per heavy atom. The Bertz CT molecular complexity index is 380. The molecule has 2 N–H and O–H groups in total. The molecule has 0 radical (unpaired) electrons. The van der Waals surface area contributed by atoms with Gasteiger partial charge in [0.15, 0.2) is 0 Å². The van der Waals surface area contributed by atoms with Gasteiger partial charge in [-0.15, -0.1) is 0 Å². The highest BCUT2D eigenvalue weighted by Gasteiger charge is 2.17. The number of carbonyl (C=O) groups is 1. The van der Waals surface area contributed by atoms with E-state index in [0.717, 1.165) is 12.5 Å². The monoisotopic (exact) mass is 229 g/mol. The van der Waals surface area contributed by atoms with Crippen LogP contribution in [0.5, 0.6) is 5.75 Å². The number of alkyl halides is 2. The van der Waals surface area contributed by atoms with Crippen LogP contribution in [0.15, 0.2) is 18.2 Å². The van der Waals surface area contributed by atoms with Gasteiger partial charge in [0.2, 0.25) is 5.91 Å². The molecule has 0 spiro atoms. The second kappa shape index (κ2) is 5.44. The fraction of sp³-hybridized carbons (Fsp3) is 0.364. The number of amides is 1. The lowest BCUT2D eigenvalue weighted by Gasteiger charge is -2.09. The number of carbonyl (C=O) groups excluding carboxylic acids is 1. The van der Waals surface area contributed by atoms with Crippen molar-refractivity contribution >= 4 is 5.91 Å². The van der Waals surface area contributed by atoms with E-state index in [0.29, 0.717) is 12.4 Å². The summed E-state index contributed by atoms with van der Waals surface area (Å²) in [6.07, 6.45) is -1.96. The van der Waals surface area contributed by atoms with Gasteiger partial charge >= 0.3 is 0 Å². The molecule has 0 aliphatic carbocycles. The fourth-order valence-electron chi connectivity index (χ4n) is 1.26. The molecule has 0 saturated carbocycles. The van der Waals surface area contributed by atoms with Crippen LogP contribution in [-0.2, 0) is 0 Å². The molecule has 88 valence electrons. The van der Waals surface area contributed by atoms with Crippen molar-refractivity contribution in [3.8, 4) is 5.75 Å². The number of primary amides is 1. The molecule has 0 heterocycles. The highest BCUT2D eigenvalue weighted by Crippen LogP contribution is 2.27. The zero-order chi connectivity index (χ0) is 12.1. The van der Waals surface area contributed by atoms with Gasteiger partial charge in [0, 0.05) is 11.1 Å². The van der Waals surface area contributed by atoms with Crippen LogP contribution >= 0.6 is 0 Å². The van der Waals surface area contributed by atoms with Crippen LogP contribution in [0.25, 0.3) is 0 Å². The Balaban J connectivity index is 3.02. The molecule has 0 saturated heterocycles. The maximum atomic E-state index is 12.6. The van der Waals surface area contributed by atoms with E-state index in [2.05, 4.69) is 0 Å². The zero-order valence-corrected chi connectivity index (χ0v) is 8.87. The van der Waals surface area contributed by atoms with Crippen molar-refractivity contribution < 1.29 is 18.3 Å². The van der Waals surface area contributed by atoms with Crippen molar-refractivity contribution in [3.05, 3.63) is 29.3 Å². The van der Waals surface area contributed by atoms with Crippen LogP contribution in [0, 0.1) is 0 Å². The molecule has 0 atom stereocenters. The lowest BCUT2D eigenvalue weighted by molar-refractivity contribution is 0.0986. The Kier molecular flexibility index (Phi) is 4.22. The van der Waals surface area contributed by atoms with Gasteiger partial charge in [0.1, 0.15) is 5.75 Å². The summed E-state index contributed by atoms with van der Waals surface area (Å²) in [6, 6.07) is 3.87. The standard InChI is InChI=1S/C11H13F2NO2/c1-2-5-16-7-3-4-8(11(14)15)9(6-7)10(12)13/h3-4,6,10H,2,5H2,1H3,(H2,14,15). The van der Waals surface area contributed by atoms with Crippen molar-refractivity contribution in [1.82, 2.24) is 0 Å². The molecule has 1 amide bonds. The zero-order valence-electron chi connectivity index (χ0n) is 8.87. The first-order chi connectivity index (χ1) is 7.56. The van der Waals surface area contributed by atoms with Gasteiger partial charge < -0.3 is 10.5 Å². The van der Waals surface area contributed by atoms with Crippen molar-refractivity contribution in [2.24, 2.45) is 5.73 Å². The van der Waals surface area contributed by atoms with Crippen LogP contribution in [-0.4, -0.2) is 12.5 Å². The average molecular weight is 229 g/mol. The summed E-state index contributed by atoms with van der Waals surface area (Å²) in [5.41, 5.74) is 4.43. The van der Waals surface area contributed by atoms with Crippen molar-refractivity contribution in [3.63, 3.8) is 0 Å². The third kappa shape index (κ3) is 2.92. The number of halogens is 2. The van der Waals surface area contributed by atoms with Crippen LogP contribution < -0.4 is 10.5 Å². The molecule has 1 aromatic carbocycles. The lowest BCUT2D eigenvalue weighted by Crippen LogP contribution is -2.14. The van der Waals surface area contributed by atoms with Gasteiger partial charge in [-0.1, -0.05) is 6.92 Å². The summed E-state index contributed by atoms with van der Waals surface area (Å²) in [6.45, 7) is 2.35. The van der Waals surface area contributed by atoms with Crippen molar-refractivity contribution in [2.75, 3.05) is 6.61 Å². The maximum absolute atomic E-state index is 12.6. The predicted octanol–water partition coefficient (Wildman–Crippen LogP) is 2.51. The van der Waals surface area contributed by atoms with Crippen LogP contribution in [0.2, 0.25) is 0 Å². The topological polar surface area (TPSA) is 52.3 Å². The van der Waals surface area contributed by atoms with Crippen molar-refractivity contribution in [2.45, 2.75) is 19.8 Å². The first kappa shape index (κ1) is 12.4. The molecule has 1 rings (SSSR count). The van der Waals surface area contributed by atoms with Crippen molar-refractivity contribution in [1.29, 1.82) is 0 Å². The van der Waals surface area contributed by atoms with Gasteiger partial charge in [-0.05, 0) is 24.6 Å². The van der Waals surface area contributed by atoms with Gasteiger partial charge in [-0.25, -0.2) is 8.78 Å². The van der Waals surface area contributed by atoms with Crippen LogP contribution in [0.3, 0.4) is 0 Å². The molecule has 0 aliphatic heterocycles. The summed E-state index contributed by atoms with van der Waals surface area (Å²) in [5.74, 6) is -0.542. The van der Waals surface area contributed by atoms with Gasteiger partial charge in [-0.3, -0.25) is 4.79 Å². The molecule has 0 aliphatic rings. The predicted molar refractivity (Wildman–Crippen MR) is 55.7 cm³/mol. The first-order valence-electron chi connectivity index (χ1n) is 4.91. The minimum absolute atomic E-state index is 0.168. The Hall–Kier alpha value is -1.65. The minimum Gasteiger partial charge on any atom is -0.494 e. The van der Waals surface area contributed by atoms with E-state index in [4.69, 9.17) is 10.5 Å². The van der Waals surface area contributed by atoms with Crippen LogP contribution in [0.1, 0.15) is 35.7 Å². The van der Waals surface area contributed by atoms with Gasteiger partial charge in [0.25, 0.3) is 6.43 Å². The molecule has 0 bridgehead atoms. The summed E-state index contributed by atoms with van der Waals surface area (Å²) in [4.78, 5) is 10.9. The maximum Gasteiger partial charge on any atom is 0.264 e. The second-order valence-electron chi connectivity index (χ2n) is 3.26. The highest BCUT2D eigenvalue weighted by molar-refractivity contribution is 5.94. The number of hydrogen-bond acceptors (Lipinski definition) is 2. The van der Waals surface area contributed by atoms with E-state index in [1.54, 1.807) is 0 Å². The van der Waals surface area contributed by atoms with Crippen LogP contribution in [0.4, 0.5) is 8.78 Å². The van der Waals surface area contributed by atoms with E-state index in [-0.39, 0.29) is 11.1 Å². The molecule has 5 heteroatoms. The molecular weight excluding hydrogens is 216 g/mol. The fourth-order valence-corrected chi connectivity index (χ4v) is 1.26. The normalized spacial score (nSPS) is 10.5. The number of rotatable bonds is 5. The second-order valence-corrected chi connectivity index (χ2v) is 3.26. The Morgan fingerprint density at radius 1 is 1.50 bits per heavy atom. The van der Waals surface area contributed by atoms with E-state index in [9.17, 15) is 13.6 Å². The molecular formula is C11H13F2NO2. The largest absolute Gasteiger partial charge is 0.494 e. The summed E-state index contributed by atoms with van der Waals surface area (Å²) in [7, 11) is 0. The molecule has 0 aromatic heterocycles. The number of nitrogens with two attached hydrogens (primary N) is 1. The number of hydrogen-bond donors (Lipinski definition) is 1. The molecule has 0 fully saturated rings. The third-order valence-electron chi connectivity index (χ3n) is 2.00. The lowest BCUT2D eigenvalue weighted by atomic mass is 10.1. The van der Waals surface area contributed by atoms with E-state index in [1.807, 2.05) is 6.92 Å². The third-order valence-corrected chi connectivity index (χ3v) is 2.00. The number of ether oxygens (including phenoxy) is 1. The Labute approximate surface area is 92.2 Å². The van der Waals surface area contributed by atoms with E-state index in [1.165, 1.54) is 12.1 Å². The van der Waals surface area contributed by atoms with Gasteiger partial charge in [-0.2, -0.15) is 0 Å². The first-order valence-corrected chi connectivity index (χ1v) is 4.91. The SMILES string of the molecule is CCCOc1ccc(C(N)=O)c(C(F)F)c1.